The molecular weight excluding hydrogens is 200 g/mol. The fourth-order valence-corrected chi connectivity index (χ4v) is 1.48. The molecule has 0 rings (SSSR count). The van der Waals surface area contributed by atoms with E-state index in [-0.39, 0.29) is 5.92 Å². The van der Waals surface area contributed by atoms with Crippen LogP contribution in [0.5, 0.6) is 0 Å². The van der Waals surface area contributed by atoms with E-state index in [1.54, 1.807) is 6.92 Å². The van der Waals surface area contributed by atoms with Crippen LogP contribution in [0.15, 0.2) is 23.8 Å². The molecule has 1 atom stereocenters. The van der Waals surface area contributed by atoms with E-state index in [0.717, 1.165) is 32.1 Å². The minimum Gasteiger partial charge on any atom is -0.481 e. The number of carboxylic acid groups (broad SMARTS) is 1. The van der Waals surface area contributed by atoms with Crippen molar-refractivity contribution in [3.8, 4) is 0 Å². The SMILES string of the molecule is C=C(C)CCC=C(C)CCCC(C)C(=O)O. The van der Waals surface area contributed by atoms with Crippen molar-refractivity contribution >= 4 is 5.97 Å². The van der Waals surface area contributed by atoms with Crippen LogP contribution < -0.4 is 0 Å². The Kier molecular flexibility index (Phi) is 7.61. The Labute approximate surface area is 99.1 Å². The normalized spacial score (nSPS) is 13.6. The molecule has 16 heavy (non-hydrogen) atoms. The zero-order valence-corrected chi connectivity index (χ0v) is 10.8. The van der Waals surface area contributed by atoms with Gasteiger partial charge in [-0.3, -0.25) is 4.79 Å². The Balaban J connectivity index is 3.68. The third kappa shape index (κ3) is 8.27. The summed E-state index contributed by atoms with van der Waals surface area (Å²) in [5.74, 6) is -0.910. The van der Waals surface area contributed by atoms with E-state index in [0.29, 0.717) is 0 Å². The fraction of sp³-hybridized carbons (Fsp3) is 0.643. The minimum absolute atomic E-state index is 0.219. The molecule has 0 aromatic heterocycles. The second-order valence-electron chi connectivity index (χ2n) is 4.68. The average molecular weight is 224 g/mol. The molecule has 0 aromatic rings. The predicted molar refractivity (Wildman–Crippen MR) is 68.5 cm³/mol. The van der Waals surface area contributed by atoms with Gasteiger partial charge in [0, 0.05) is 0 Å². The molecule has 0 amide bonds. The first-order valence-corrected chi connectivity index (χ1v) is 5.96. The topological polar surface area (TPSA) is 37.3 Å². The molecule has 0 heterocycles. The number of allylic oxidation sites excluding steroid dienone is 3. The molecule has 2 heteroatoms. The van der Waals surface area contributed by atoms with Crippen LogP contribution in [0.1, 0.15) is 52.9 Å². The van der Waals surface area contributed by atoms with Gasteiger partial charge >= 0.3 is 5.97 Å². The molecule has 0 saturated heterocycles. The van der Waals surface area contributed by atoms with Crippen molar-refractivity contribution < 1.29 is 9.90 Å². The van der Waals surface area contributed by atoms with Crippen molar-refractivity contribution in [1.29, 1.82) is 0 Å². The molecule has 0 bridgehead atoms. The Morgan fingerprint density at radius 2 is 2.00 bits per heavy atom. The predicted octanol–water partition coefficient (Wildman–Crippen LogP) is 4.18. The number of hydrogen-bond acceptors (Lipinski definition) is 1. The summed E-state index contributed by atoms with van der Waals surface area (Å²) in [6.07, 6.45) is 7.07. The summed E-state index contributed by atoms with van der Waals surface area (Å²) in [5.41, 5.74) is 2.57. The first kappa shape index (κ1) is 14.9. The van der Waals surface area contributed by atoms with Gasteiger partial charge in [-0.15, -0.1) is 6.58 Å². The van der Waals surface area contributed by atoms with Gasteiger partial charge in [0.1, 0.15) is 0 Å². The fourth-order valence-electron chi connectivity index (χ4n) is 1.48. The summed E-state index contributed by atoms with van der Waals surface area (Å²) in [6.45, 7) is 9.78. The Hall–Kier alpha value is -1.05. The van der Waals surface area contributed by atoms with Crippen LogP contribution in [0, 0.1) is 5.92 Å². The summed E-state index contributed by atoms with van der Waals surface area (Å²) in [5, 5.41) is 8.73. The van der Waals surface area contributed by atoms with E-state index in [4.69, 9.17) is 5.11 Å². The highest BCUT2D eigenvalue weighted by Crippen LogP contribution is 2.14. The zero-order chi connectivity index (χ0) is 12.6. The van der Waals surface area contributed by atoms with Gasteiger partial charge in [0.2, 0.25) is 0 Å². The van der Waals surface area contributed by atoms with Crippen LogP contribution >= 0.6 is 0 Å². The maximum atomic E-state index is 10.6. The highest BCUT2D eigenvalue weighted by Gasteiger charge is 2.09. The molecule has 0 spiro atoms. The number of carbonyl (C=O) groups is 1. The summed E-state index contributed by atoms with van der Waals surface area (Å²) in [7, 11) is 0. The van der Waals surface area contributed by atoms with Crippen LogP contribution in [-0.2, 0) is 4.79 Å². The molecule has 0 aliphatic heterocycles. The summed E-state index contributed by atoms with van der Waals surface area (Å²) in [4.78, 5) is 10.6. The maximum absolute atomic E-state index is 10.6. The van der Waals surface area contributed by atoms with Crippen molar-refractivity contribution in [2.45, 2.75) is 52.9 Å². The Bertz CT molecular complexity index is 264. The molecule has 2 nitrogen and oxygen atoms in total. The lowest BCUT2D eigenvalue weighted by molar-refractivity contribution is -0.141. The van der Waals surface area contributed by atoms with Gasteiger partial charge in [-0.2, -0.15) is 0 Å². The lowest BCUT2D eigenvalue weighted by Gasteiger charge is -2.06. The van der Waals surface area contributed by atoms with Crippen molar-refractivity contribution in [2.75, 3.05) is 0 Å². The zero-order valence-electron chi connectivity index (χ0n) is 10.8. The van der Waals surface area contributed by atoms with E-state index in [1.165, 1.54) is 11.1 Å². The van der Waals surface area contributed by atoms with Crippen LogP contribution in [0.2, 0.25) is 0 Å². The van der Waals surface area contributed by atoms with Gasteiger partial charge in [0.15, 0.2) is 0 Å². The smallest absolute Gasteiger partial charge is 0.306 e. The second kappa shape index (κ2) is 8.14. The van der Waals surface area contributed by atoms with Crippen LogP contribution in [0.3, 0.4) is 0 Å². The van der Waals surface area contributed by atoms with E-state index in [9.17, 15) is 4.79 Å². The largest absolute Gasteiger partial charge is 0.481 e. The second-order valence-corrected chi connectivity index (χ2v) is 4.68. The maximum Gasteiger partial charge on any atom is 0.306 e. The highest BCUT2D eigenvalue weighted by molar-refractivity contribution is 5.69. The van der Waals surface area contributed by atoms with Crippen molar-refractivity contribution in [3.05, 3.63) is 23.8 Å². The highest BCUT2D eigenvalue weighted by atomic mass is 16.4. The summed E-state index contributed by atoms with van der Waals surface area (Å²) < 4.78 is 0. The van der Waals surface area contributed by atoms with Crippen LogP contribution in [0.25, 0.3) is 0 Å². The number of hydrogen-bond donors (Lipinski definition) is 1. The number of rotatable bonds is 8. The lowest BCUT2D eigenvalue weighted by atomic mass is 10.0. The average Bonchev–Trinajstić information content (AvgIpc) is 2.16. The van der Waals surface area contributed by atoms with Gasteiger partial charge in [-0.05, 0) is 46.0 Å². The van der Waals surface area contributed by atoms with Crippen molar-refractivity contribution in [2.24, 2.45) is 5.92 Å². The van der Waals surface area contributed by atoms with Gasteiger partial charge in [0.25, 0.3) is 0 Å². The number of aliphatic carboxylic acids is 1. The quantitative estimate of drug-likeness (QED) is 0.628. The first-order chi connectivity index (χ1) is 7.43. The lowest BCUT2D eigenvalue weighted by Crippen LogP contribution is -2.08. The molecule has 0 aromatic carbocycles. The molecule has 0 saturated carbocycles. The van der Waals surface area contributed by atoms with Crippen molar-refractivity contribution in [3.63, 3.8) is 0 Å². The minimum atomic E-state index is -0.691. The summed E-state index contributed by atoms with van der Waals surface area (Å²) in [6, 6.07) is 0. The van der Waals surface area contributed by atoms with Crippen molar-refractivity contribution in [1.82, 2.24) is 0 Å². The summed E-state index contributed by atoms with van der Waals surface area (Å²) >= 11 is 0. The molecule has 0 fully saturated rings. The van der Waals surface area contributed by atoms with Gasteiger partial charge in [-0.1, -0.05) is 24.1 Å². The van der Waals surface area contributed by atoms with Crippen LogP contribution in [0.4, 0.5) is 0 Å². The first-order valence-electron chi connectivity index (χ1n) is 5.96. The third-order valence-electron chi connectivity index (χ3n) is 2.69. The molecule has 0 radical (unpaired) electrons. The van der Waals surface area contributed by atoms with Gasteiger partial charge < -0.3 is 5.11 Å². The monoisotopic (exact) mass is 224 g/mol. The van der Waals surface area contributed by atoms with E-state index >= 15 is 0 Å². The third-order valence-corrected chi connectivity index (χ3v) is 2.69. The van der Waals surface area contributed by atoms with Crippen LogP contribution in [-0.4, -0.2) is 11.1 Å². The molecule has 0 aliphatic carbocycles. The van der Waals surface area contributed by atoms with Gasteiger partial charge in [-0.25, -0.2) is 0 Å². The molecular formula is C14H24O2. The van der Waals surface area contributed by atoms with E-state index in [1.807, 2.05) is 6.92 Å². The van der Waals surface area contributed by atoms with Gasteiger partial charge in [0.05, 0.1) is 5.92 Å². The molecule has 92 valence electrons. The number of carboxylic acids is 1. The Morgan fingerprint density at radius 3 is 2.50 bits per heavy atom. The standard InChI is InChI=1S/C14H24O2/c1-11(2)7-5-8-12(3)9-6-10-13(4)14(15)16/h8,13H,1,5-7,9-10H2,2-4H3,(H,15,16). The van der Waals surface area contributed by atoms with E-state index < -0.39 is 5.97 Å². The van der Waals surface area contributed by atoms with E-state index in [2.05, 4.69) is 19.6 Å². The molecule has 1 unspecified atom stereocenters. The Morgan fingerprint density at radius 1 is 1.38 bits per heavy atom. The molecule has 1 N–H and O–H groups in total. The molecule has 0 aliphatic rings.